The van der Waals surface area contributed by atoms with Crippen LogP contribution in [-0.2, 0) is 23.8 Å². The number of aryl methyl sites for hydroxylation is 1. The molecule has 2 heterocycles. The average Bonchev–Trinajstić information content (AvgIpc) is 3.31. The Morgan fingerprint density at radius 3 is 2.33 bits per heavy atom. The van der Waals surface area contributed by atoms with Gasteiger partial charge in [0.25, 0.3) is 0 Å². The standard InChI is InChI=1S/C30H27F3N2O4/c1-18-24(34-29(39-18)20-9-11-22(12-10-20)30(31,32)33)17-27(36)35-14-13-21-15-25(37-2)26(38-3)16-23(21)28(35)19-7-5-4-6-8-19/h4-12,15-16,28H,13-14,17H2,1-3H3/t28-/m0/s1. The molecule has 9 heteroatoms. The second-order valence-corrected chi connectivity index (χ2v) is 9.33. The van der Waals surface area contributed by atoms with Crippen molar-refractivity contribution in [2.75, 3.05) is 20.8 Å². The Kier molecular flexibility index (Phi) is 7.08. The molecule has 1 amide bonds. The zero-order valence-corrected chi connectivity index (χ0v) is 21.7. The molecule has 5 rings (SSSR count). The lowest BCUT2D eigenvalue weighted by molar-refractivity contribution is -0.137. The molecule has 1 aliphatic heterocycles. The van der Waals surface area contributed by atoms with Crippen molar-refractivity contribution in [3.63, 3.8) is 0 Å². The zero-order valence-electron chi connectivity index (χ0n) is 21.7. The minimum atomic E-state index is -4.43. The summed E-state index contributed by atoms with van der Waals surface area (Å²) in [6.45, 7) is 2.18. The molecule has 0 N–H and O–H groups in total. The number of methoxy groups -OCH3 is 2. The number of carbonyl (C=O) groups excluding carboxylic acids is 1. The number of aromatic nitrogens is 1. The van der Waals surface area contributed by atoms with Crippen molar-refractivity contribution in [3.05, 3.63) is 100 Å². The van der Waals surface area contributed by atoms with Crippen LogP contribution in [0.2, 0.25) is 0 Å². The van der Waals surface area contributed by atoms with Crippen molar-refractivity contribution in [3.8, 4) is 23.0 Å². The molecule has 0 saturated heterocycles. The highest BCUT2D eigenvalue weighted by molar-refractivity contribution is 5.80. The van der Waals surface area contributed by atoms with Crippen molar-refractivity contribution in [2.45, 2.75) is 32.0 Å². The fourth-order valence-corrected chi connectivity index (χ4v) is 4.97. The summed E-state index contributed by atoms with van der Waals surface area (Å²) in [5.41, 5.74) is 3.09. The largest absolute Gasteiger partial charge is 0.493 e. The number of hydrogen-bond donors (Lipinski definition) is 0. The summed E-state index contributed by atoms with van der Waals surface area (Å²) < 4.78 is 55.6. The SMILES string of the molecule is COc1cc2c(cc1OC)[C@H](c1ccccc1)N(C(=O)Cc1nc(-c3ccc(C(F)(F)F)cc3)oc1C)CC2. The summed E-state index contributed by atoms with van der Waals surface area (Å²) >= 11 is 0. The molecule has 0 fully saturated rings. The van der Waals surface area contributed by atoms with Gasteiger partial charge in [-0.1, -0.05) is 30.3 Å². The van der Waals surface area contributed by atoms with E-state index in [4.69, 9.17) is 13.9 Å². The summed E-state index contributed by atoms with van der Waals surface area (Å²) in [7, 11) is 3.17. The molecule has 0 bridgehead atoms. The van der Waals surface area contributed by atoms with Crippen molar-refractivity contribution in [2.24, 2.45) is 0 Å². The van der Waals surface area contributed by atoms with E-state index in [-0.39, 0.29) is 24.3 Å². The van der Waals surface area contributed by atoms with E-state index in [2.05, 4.69) is 4.98 Å². The molecule has 39 heavy (non-hydrogen) atoms. The molecule has 0 unspecified atom stereocenters. The fraction of sp³-hybridized carbons (Fsp3) is 0.267. The van der Waals surface area contributed by atoms with Crippen LogP contribution in [0.4, 0.5) is 13.2 Å². The molecule has 0 saturated carbocycles. The van der Waals surface area contributed by atoms with Gasteiger partial charge in [0.1, 0.15) is 5.76 Å². The lowest BCUT2D eigenvalue weighted by Crippen LogP contribution is -2.41. The second-order valence-electron chi connectivity index (χ2n) is 9.33. The first-order valence-corrected chi connectivity index (χ1v) is 12.4. The van der Waals surface area contributed by atoms with Gasteiger partial charge in [-0.15, -0.1) is 0 Å². The lowest BCUT2D eigenvalue weighted by atomic mass is 9.87. The lowest BCUT2D eigenvalue weighted by Gasteiger charge is -2.38. The predicted octanol–water partition coefficient (Wildman–Crippen LogP) is 6.40. The molecule has 1 aromatic heterocycles. The number of fused-ring (bicyclic) bond motifs is 1. The minimum Gasteiger partial charge on any atom is -0.493 e. The quantitative estimate of drug-likeness (QED) is 0.285. The number of hydrogen-bond acceptors (Lipinski definition) is 5. The Morgan fingerprint density at radius 2 is 1.69 bits per heavy atom. The Bertz CT molecular complexity index is 1480. The maximum Gasteiger partial charge on any atom is 0.416 e. The Labute approximate surface area is 224 Å². The van der Waals surface area contributed by atoms with Crippen LogP contribution in [0, 0.1) is 6.92 Å². The van der Waals surface area contributed by atoms with Crippen LogP contribution < -0.4 is 9.47 Å². The summed E-state index contributed by atoms with van der Waals surface area (Å²) in [6.07, 6.45) is -3.80. The van der Waals surface area contributed by atoms with Crippen LogP contribution in [0.5, 0.6) is 11.5 Å². The van der Waals surface area contributed by atoms with Crippen molar-refractivity contribution < 1.29 is 31.9 Å². The van der Waals surface area contributed by atoms with Gasteiger partial charge in [-0.3, -0.25) is 4.79 Å². The van der Waals surface area contributed by atoms with Crippen LogP contribution in [0.3, 0.4) is 0 Å². The molecule has 0 radical (unpaired) electrons. The van der Waals surface area contributed by atoms with E-state index < -0.39 is 11.7 Å². The van der Waals surface area contributed by atoms with E-state index >= 15 is 0 Å². The topological polar surface area (TPSA) is 64.8 Å². The van der Waals surface area contributed by atoms with Gasteiger partial charge in [0.2, 0.25) is 11.8 Å². The first-order chi connectivity index (χ1) is 18.7. The van der Waals surface area contributed by atoms with E-state index in [9.17, 15) is 18.0 Å². The normalized spacial score (nSPS) is 15.1. The van der Waals surface area contributed by atoms with Crippen LogP contribution in [0.25, 0.3) is 11.5 Å². The highest BCUT2D eigenvalue weighted by atomic mass is 19.4. The van der Waals surface area contributed by atoms with Gasteiger partial charge in [-0.2, -0.15) is 13.2 Å². The summed E-state index contributed by atoms with van der Waals surface area (Å²) in [5, 5.41) is 0. The highest BCUT2D eigenvalue weighted by Crippen LogP contribution is 2.41. The molecule has 1 atom stereocenters. The number of benzene rings is 3. The molecule has 0 spiro atoms. The van der Waals surface area contributed by atoms with Crippen LogP contribution >= 0.6 is 0 Å². The van der Waals surface area contributed by atoms with Gasteiger partial charge in [0.05, 0.1) is 37.9 Å². The number of alkyl halides is 3. The third kappa shape index (κ3) is 5.21. The Hall–Kier alpha value is -4.27. The van der Waals surface area contributed by atoms with Crippen molar-refractivity contribution in [1.29, 1.82) is 0 Å². The number of amides is 1. The van der Waals surface area contributed by atoms with Crippen LogP contribution in [-0.4, -0.2) is 36.6 Å². The van der Waals surface area contributed by atoms with Crippen LogP contribution in [0.1, 0.15) is 39.7 Å². The van der Waals surface area contributed by atoms with Gasteiger partial charge in [-0.05, 0) is 66.4 Å². The molecule has 1 aliphatic rings. The monoisotopic (exact) mass is 536 g/mol. The summed E-state index contributed by atoms with van der Waals surface area (Å²) in [6, 6.07) is 17.9. The molecule has 4 aromatic rings. The Balaban J connectivity index is 1.45. The van der Waals surface area contributed by atoms with E-state index in [1.807, 2.05) is 47.4 Å². The van der Waals surface area contributed by atoms with Crippen molar-refractivity contribution in [1.82, 2.24) is 9.88 Å². The number of oxazole rings is 1. The van der Waals surface area contributed by atoms with Gasteiger partial charge in [-0.25, -0.2) is 4.98 Å². The average molecular weight is 537 g/mol. The maximum atomic E-state index is 13.8. The molecule has 202 valence electrons. The molecule has 6 nitrogen and oxygen atoms in total. The fourth-order valence-electron chi connectivity index (χ4n) is 4.97. The number of halogens is 3. The van der Waals surface area contributed by atoms with Gasteiger partial charge in [0, 0.05) is 12.1 Å². The highest BCUT2D eigenvalue weighted by Gasteiger charge is 2.34. The van der Waals surface area contributed by atoms with Crippen molar-refractivity contribution >= 4 is 5.91 Å². The second kappa shape index (κ2) is 10.5. The smallest absolute Gasteiger partial charge is 0.416 e. The number of rotatable bonds is 6. The van der Waals surface area contributed by atoms with E-state index in [0.29, 0.717) is 41.5 Å². The first kappa shape index (κ1) is 26.3. The van der Waals surface area contributed by atoms with Gasteiger partial charge in [0.15, 0.2) is 11.5 Å². The first-order valence-electron chi connectivity index (χ1n) is 12.4. The minimum absolute atomic E-state index is 0.0120. The Morgan fingerprint density at radius 1 is 1.03 bits per heavy atom. The molecular weight excluding hydrogens is 509 g/mol. The summed E-state index contributed by atoms with van der Waals surface area (Å²) in [4.78, 5) is 20.1. The number of nitrogens with zero attached hydrogens (tertiary/aromatic N) is 2. The van der Waals surface area contributed by atoms with E-state index in [0.717, 1.165) is 28.8 Å². The van der Waals surface area contributed by atoms with E-state index in [1.54, 1.807) is 21.1 Å². The summed E-state index contributed by atoms with van der Waals surface area (Å²) in [5.74, 6) is 1.69. The van der Waals surface area contributed by atoms with Gasteiger partial charge < -0.3 is 18.8 Å². The predicted molar refractivity (Wildman–Crippen MR) is 139 cm³/mol. The van der Waals surface area contributed by atoms with Gasteiger partial charge >= 0.3 is 6.18 Å². The zero-order chi connectivity index (χ0) is 27.7. The maximum absolute atomic E-state index is 13.8. The number of carbonyl (C=O) groups is 1. The third-order valence-electron chi connectivity index (χ3n) is 6.98. The van der Waals surface area contributed by atoms with E-state index in [1.165, 1.54) is 12.1 Å². The molecular formula is C30H27F3N2O4. The molecule has 0 aliphatic carbocycles. The number of ether oxygens (including phenoxy) is 2. The molecule has 3 aromatic carbocycles. The van der Waals surface area contributed by atoms with Crippen LogP contribution in [0.15, 0.2) is 71.1 Å². The third-order valence-corrected chi connectivity index (χ3v) is 6.98.